The molecule has 2 aliphatic heterocycles. The zero-order valence-electron chi connectivity index (χ0n) is 19.5. The highest BCUT2D eigenvalue weighted by atomic mass is 16.6. The van der Waals surface area contributed by atoms with Gasteiger partial charge in [-0.3, -0.25) is 19.7 Å². The van der Waals surface area contributed by atoms with Gasteiger partial charge in [0.15, 0.2) is 0 Å². The molecule has 3 atom stereocenters. The molecule has 186 valence electrons. The maximum Gasteiger partial charge on any atom is 0.409 e. The van der Waals surface area contributed by atoms with Crippen molar-refractivity contribution in [1.82, 2.24) is 20.2 Å². The molecule has 0 radical (unpaired) electrons. The molecule has 4 amide bonds. The predicted octanol–water partition coefficient (Wildman–Crippen LogP) is 0.666. The molecular formula is C22H31N5O7. The molecule has 1 aromatic carbocycles. The largest absolute Gasteiger partial charge is 0.465 e. The standard InChI is InChI=1S/C22H31N5O7/c1-22(19(29)26-11-9-25(10-12-26)15-7-5-4-6-8-15)17(18(28)23-33)13-16(14-27(22)20(30)31)34-21(32)24(2)3/h4-8,16-17,33H,9-14H2,1-3H3,(H,23,28)(H,30,31)/t16-,17+,22-/m0/s1. The Morgan fingerprint density at radius 1 is 1.09 bits per heavy atom. The first kappa shape index (κ1) is 25.1. The fourth-order valence-electron chi connectivity index (χ4n) is 4.59. The van der Waals surface area contributed by atoms with Crippen LogP contribution in [0.1, 0.15) is 13.3 Å². The Kier molecular flexibility index (Phi) is 7.50. The second-order valence-electron chi connectivity index (χ2n) is 8.82. The van der Waals surface area contributed by atoms with Crippen molar-refractivity contribution in [1.29, 1.82) is 0 Å². The Morgan fingerprint density at radius 2 is 1.71 bits per heavy atom. The number of carbonyl (C=O) groups is 4. The van der Waals surface area contributed by atoms with Crippen LogP contribution in [0.15, 0.2) is 30.3 Å². The molecule has 0 saturated carbocycles. The zero-order chi connectivity index (χ0) is 25.0. The second-order valence-corrected chi connectivity index (χ2v) is 8.82. The van der Waals surface area contributed by atoms with Crippen LogP contribution in [0.4, 0.5) is 15.3 Å². The number of likely N-dealkylation sites (tertiary alicyclic amines) is 1. The molecule has 12 heteroatoms. The number of nitrogens with zero attached hydrogens (tertiary/aromatic N) is 4. The van der Waals surface area contributed by atoms with Crippen LogP contribution in [0.5, 0.6) is 0 Å². The van der Waals surface area contributed by atoms with E-state index in [1.54, 1.807) is 10.4 Å². The number of anilines is 1. The third-order valence-corrected chi connectivity index (χ3v) is 6.54. The van der Waals surface area contributed by atoms with Crippen molar-refractivity contribution in [3.8, 4) is 0 Å². The normalized spacial score (nSPS) is 24.9. The Bertz CT molecular complexity index is 919. The summed E-state index contributed by atoms with van der Waals surface area (Å²) in [5.41, 5.74) is 0.769. The van der Waals surface area contributed by atoms with Gasteiger partial charge in [0.25, 0.3) is 0 Å². The van der Waals surface area contributed by atoms with E-state index in [9.17, 15) is 29.5 Å². The topological polar surface area (TPSA) is 143 Å². The van der Waals surface area contributed by atoms with E-state index in [2.05, 4.69) is 4.90 Å². The smallest absolute Gasteiger partial charge is 0.409 e. The number of hydroxylamine groups is 1. The van der Waals surface area contributed by atoms with E-state index in [1.807, 2.05) is 30.3 Å². The molecule has 2 heterocycles. The van der Waals surface area contributed by atoms with E-state index in [1.165, 1.54) is 25.9 Å². The van der Waals surface area contributed by atoms with Crippen LogP contribution in [0.2, 0.25) is 0 Å². The van der Waals surface area contributed by atoms with Crippen molar-refractivity contribution < 1.29 is 34.2 Å². The molecule has 0 bridgehead atoms. The third kappa shape index (κ3) is 4.86. The Balaban J connectivity index is 1.84. The van der Waals surface area contributed by atoms with Crippen molar-refractivity contribution in [2.45, 2.75) is 25.0 Å². The van der Waals surface area contributed by atoms with Crippen LogP contribution in [-0.2, 0) is 14.3 Å². The van der Waals surface area contributed by atoms with Gasteiger partial charge in [0, 0.05) is 52.4 Å². The zero-order valence-corrected chi connectivity index (χ0v) is 19.5. The molecular weight excluding hydrogens is 446 g/mol. The highest BCUT2D eigenvalue weighted by molar-refractivity contribution is 5.96. The van der Waals surface area contributed by atoms with Gasteiger partial charge in [-0.1, -0.05) is 18.2 Å². The maximum absolute atomic E-state index is 13.7. The number of hydrogen-bond donors (Lipinski definition) is 3. The minimum atomic E-state index is -1.80. The molecule has 2 saturated heterocycles. The van der Waals surface area contributed by atoms with Gasteiger partial charge in [-0.25, -0.2) is 15.1 Å². The summed E-state index contributed by atoms with van der Waals surface area (Å²) < 4.78 is 5.33. The minimum absolute atomic E-state index is 0.123. The second kappa shape index (κ2) is 10.2. The van der Waals surface area contributed by atoms with E-state index in [-0.39, 0.29) is 13.0 Å². The van der Waals surface area contributed by atoms with E-state index in [4.69, 9.17) is 4.74 Å². The van der Waals surface area contributed by atoms with Crippen LogP contribution >= 0.6 is 0 Å². The number of piperidine rings is 1. The average Bonchev–Trinajstić information content (AvgIpc) is 2.84. The summed E-state index contributed by atoms with van der Waals surface area (Å²) in [4.78, 5) is 56.3. The first-order valence-corrected chi connectivity index (χ1v) is 11.0. The molecule has 0 unspecified atom stereocenters. The number of carboxylic acid groups (broad SMARTS) is 1. The molecule has 12 nitrogen and oxygen atoms in total. The van der Waals surface area contributed by atoms with Crippen molar-refractivity contribution in [3.05, 3.63) is 30.3 Å². The summed E-state index contributed by atoms with van der Waals surface area (Å²) in [5, 5.41) is 19.3. The van der Waals surface area contributed by atoms with Crippen LogP contribution in [0.3, 0.4) is 0 Å². The highest BCUT2D eigenvalue weighted by Crippen LogP contribution is 2.37. The number of ether oxygens (including phenoxy) is 1. The van der Waals surface area contributed by atoms with Gasteiger partial charge in [0.05, 0.1) is 12.5 Å². The summed E-state index contributed by atoms with van der Waals surface area (Å²) in [6.07, 6.45) is -3.23. The fraction of sp³-hybridized carbons (Fsp3) is 0.545. The molecule has 2 aliphatic rings. The SMILES string of the molecule is CN(C)C(=O)O[C@H]1C[C@H](C(=O)NO)[C@@](C)(C(=O)N2CCN(c3ccccc3)CC2)N(C(=O)O)C1. The minimum Gasteiger partial charge on any atom is -0.465 e. The lowest BCUT2D eigenvalue weighted by atomic mass is 9.75. The van der Waals surface area contributed by atoms with Crippen molar-refractivity contribution in [2.75, 3.05) is 51.7 Å². The lowest BCUT2D eigenvalue weighted by molar-refractivity contribution is -0.162. The summed E-state index contributed by atoms with van der Waals surface area (Å²) in [5.74, 6) is -2.73. The molecule has 0 aliphatic carbocycles. The van der Waals surface area contributed by atoms with Crippen molar-refractivity contribution in [3.63, 3.8) is 0 Å². The van der Waals surface area contributed by atoms with Crippen LogP contribution in [0.25, 0.3) is 0 Å². The summed E-state index contributed by atoms with van der Waals surface area (Å²) in [6.45, 7) is 2.86. The maximum atomic E-state index is 13.7. The number of nitrogens with one attached hydrogen (secondary N) is 1. The monoisotopic (exact) mass is 477 g/mol. The van der Waals surface area contributed by atoms with Gasteiger partial charge in [-0.15, -0.1) is 0 Å². The van der Waals surface area contributed by atoms with E-state index in [0.29, 0.717) is 26.2 Å². The highest BCUT2D eigenvalue weighted by Gasteiger charge is 2.58. The fourth-order valence-corrected chi connectivity index (χ4v) is 4.59. The van der Waals surface area contributed by atoms with E-state index < -0.39 is 41.6 Å². The molecule has 0 aromatic heterocycles. The van der Waals surface area contributed by atoms with Gasteiger partial charge in [0.2, 0.25) is 11.8 Å². The lowest BCUT2D eigenvalue weighted by Gasteiger charge is -2.50. The lowest BCUT2D eigenvalue weighted by Crippen LogP contribution is -2.71. The van der Waals surface area contributed by atoms with Gasteiger partial charge >= 0.3 is 12.2 Å². The average molecular weight is 478 g/mol. The van der Waals surface area contributed by atoms with Crippen LogP contribution < -0.4 is 10.4 Å². The van der Waals surface area contributed by atoms with Gasteiger partial charge in [-0.05, 0) is 19.1 Å². The number of rotatable bonds is 4. The first-order chi connectivity index (χ1) is 16.1. The Morgan fingerprint density at radius 3 is 2.24 bits per heavy atom. The number of piperazine rings is 1. The third-order valence-electron chi connectivity index (χ3n) is 6.54. The van der Waals surface area contributed by atoms with Gasteiger partial charge < -0.3 is 24.5 Å². The molecule has 2 fully saturated rings. The Hall–Kier alpha value is -3.54. The summed E-state index contributed by atoms with van der Waals surface area (Å²) >= 11 is 0. The molecule has 0 spiro atoms. The molecule has 34 heavy (non-hydrogen) atoms. The van der Waals surface area contributed by atoms with Gasteiger partial charge in [0.1, 0.15) is 11.6 Å². The van der Waals surface area contributed by atoms with Crippen molar-refractivity contribution >= 4 is 29.7 Å². The van der Waals surface area contributed by atoms with Crippen LogP contribution in [0, 0.1) is 5.92 Å². The quantitative estimate of drug-likeness (QED) is 0.424. The van der Waals surface area contributed by atoms with E-state index >= 15 is 0 Å². The number of carbonyl (C=O) groups excluding carboxylic acids is 3. The van der Waals surface area contributed by atoms with E-state index in [0.717, 1.165) is 10.6 Å². The Labute approximate surface area is 197 Å². The van der Waals surface area contributed by atoms with Crippen LogP contribution in [-0.4, -0.2) is 107 Å². The molecule has 3 N–H and O–H groups in total. The first-order valence-electron chi connectivity index (χ1n) is 11.0. The number of para-hydroxylation sites is 1. The summed E-state index contributed by atoms with van der Waals surface area (Å²) in [7, 11) is 2.95. The number of hydrogen-bond acceptors (Lipinski definition) is 7. The number of amides is 4. The predicted molar refractivity (Wildman–Crippen MR) is 120 cm³/mol. The number of benzene rings is 1. The molecule has 1 aromatic rings. The summed E-state index contributed by atoms with van der Waals surface area (Å²) in [6, 6.07) is 9.73. The van der Waals surface area contributed by atoms with Gasteiger partial charge in [-0.2, -0.15) is 0 Å². The molecule has 3 rings (SSSR count). The van der Waals surface area contributed by atoms with Crippen molar-refractivity contribution in [2.24, 2.45) is 5.92 Å².